The Morgan fingerprint density at radius 2 is 2.18 bits per heavy atom. The van der Waals surface area contributed by atoms with Gasteiger partial charge in [-0.2, -0.15) is 0 Å². The van der Waals surface area contributed by atoms with Crippen molar-refractivity contribution < 1.29 is 0 Å². The summed E-state index contributed by atoms with van der Waals surface area (Å²) in [5.41, 5.74) is 1.24. The van der Waals surface area contributed by atoms with E-state index in [0.717, 1.165) is 33.5 Å². The number of nitrogens with one attached hydrogen (secondary N) is 1. The summed E-state index contributed by atoms with van der Waals surface area (Å²) in [6, 6.07) is 2.14. The molecule has 0 bridgehead atoms. The highest BCUT2D eigenvalue weighted by Crippen LogP contribution is 2.34. The number of anilines is 1. The Bertz CT molecular complexity index is 498. The Morgan fingerprint density at radius 3 is 2.71 bits per heavy atom. The maximum absolute atomic E-state index is 4.27. The van der Waals surface area contributed by atoms with Crippen LogP contribution < -0.4 is 5.32 Å². The van der Waals surface area contributed by atoms with Crippen LogP contribution in [0.1, 0.15) is 19.4 Å². The predicted octanol–water partition coefficient (Wildman–Crippen LogP) is 3.53. The van der Waals surface area contributed by atoms with Gasteiger partial charge in [-0.1, -0.05) is 0 Å². The predicted molar refractivity (Wildman–Crippen MR) is 75.6 cm³/mol. The van der Waals surface area contributed by atoms with Crippen molar-refractivity contribution in [2.24, 2.45) is 0 Å². The van der Waals surface area contributed by atoms with E-state index in [-0.39, 0.29) is 0 Å². The average Bonchev–Trinajstić information content (AvgIpc) is 2.84. The zero-order valence-electron chi connectivity index (χ0n) is 10.1. The molecule has 0 aliphatic heterocycles. The minimum absolute atomic E-state index is 0.840. The Labute approximate surface area is 113 Å². The number of hydrogen-bond donors (Lipinski definition) is 1. The third-order valence-electron chi connectivity index (χ3n) is 2.48. The maximum atomic E-state index is 4.27. The van der Waals surface area contributed by atoms with Crippen molar-refractivity contribution in [2.75, 3.05) is 11.9 Å². The fourth-order valence-electron chi connectivity index (χ4n) is 1.64. The number of rotatable bonds is 4. The fourth-order valence-corrected chi connectivity index (χ4v) is 3.17. The second-order valence-corrected chi connectivity index (χ2v) is 6.06. The molecule has 0 aliphatic rings. The first-order valence-electron chi connectivity index (χ1n) is 5.60. The van der Waals surface area contributed by atoms with E-state index in [1.807, 2.05) is 0 Å². The SMILES string of the molecule is CCNc1nnc(-c2cc(C)c(Br)s2)n1CC. The fraction of sp³-hybridized carbons (Fsp3) is 0.455. The van der Waals surface area contributed by atoms with Gasteiger partial charge < -0.3 is 5.32 Å². The molecule has 2 aromatic rings. The minimum atomic E-state index is 0.840. The van der Waals surface area contributed by atoms with Crippen molar-refractivity contribution in [1.82, 2.24) is 14.8 Å². The molecule has 0 aromatic carbocycles. The Morgan fingerprint density at radius 1 is 1.41 bits per heavy atom. The molecule has 0 fully saturated rings. The van der Waals surface area contributed by atoms with Crippen LogP contribution in [0, 0.1) is 6.92 Å². The van der Waals surface area contributed by atoms with E-state index in [0.29, 0.717) is 0 Å². The molecule has 1 N–H and O–H groups in total. The molecule has 0 saturated carbocycles. The van der Waals surface area contributed by atoms with Gasteiger partial charge >= 0.3 is 0 Å². The Balaban J connectivity index is 2.44. The maximum Gasteiger partial charge on any atom is 0.224 e. The quantitative estimate of drug-likeness (QED) is 0.938. The zero-order valence-corrected chi connectivity index (χ0v) is 12.5. The molecule has 17 heavy (non-hydrogen) atoms. The molecule has 2 heterocycles. The molecule has 6 heteroatoms. The van der Waals surface area contributed by atoms with Crippen LogP contribution in [0.5, 0.6) is 0 Å². The summed E-state index contributed by atoms with van der Waals surface area (Å²) in [5, 5.41) is 11.7. The summed E-state index contributed by atoms with van der Waals surface area (Å²) in [5.74, 6) is 1.77. The van der Waals surface area contributed by atoms with Gasteiger partial charge in [-0.05, 0) is 48.3 Å². The molecule has 0 atom stereocenters. The highest BCUT2D eigenvalue weighted by Gasteiger charge is 2.14. The molecule has 0 spiro atoms. The first kappa shape index (κ1) is 12.6. The van der Waals surface area contributed by atoms with Gasteiger partial charge in [0.05, 0.1) is 8.66 Å². The van der Waals surface area contributed by atoms with E-state index in [1.54, 1.807) is 11.3 Å². The normalized spacial score (nSPS) is 10.8. The van der Waals surface area contributed by atoms with Gasteiger partial charge in [-0.25, -0.2) is 0 Å². The Hall–Kier alpha value is -0.880. The van der Waals surface area contributed by atoms with Gasteiger partial charge in [0, 0.05) is 13.1 Å². The van der Waals surface area contributed by atoms with Gasteiger partial charge in [0.2, 0.25) is 5.95 Å². The van der Waals surface area contributed by atoms with Crippen LogP contribution in [-0.4, -0.2) is 21.3 Å². The van der Waals surface area contributed by atoms with Crippen LogP contribution in [0.15, 0.2) is 9.85 Å². The summed E-state index contributed by atoms with van der Waals surface area (Å²) >= 11 is 5.24. The smallest absolute Gasteiger partial charge is 0.224 e. The van der Waals surface area contributed by atoms with E-state index in [1.165, 1.54) is 5.56 Å². The first-order chi connectivity index (χ1) is 8.17. The molecule has 2 rings (SSSR count). The topological polar surface area (TPSA) is 42.7 Å². The molecule has 4 nitrogen and oxygen atoms in total. The molecule has 0 radical (unpaired) electrons. The van der Waals surface area contributed by atoms with Gasteiger partial charge in [0.25, 0.3) is 0 Å². The van der Waals surface area contributed by atoms with Crippen molar-refractivity contribution in [3.63, 3.8) is 0 Å². The van der Waals surface area contributed by atoms with Crippen molar-refractivity contribution in [1.29, 1.82) is 0 Å². The lowest BCUT2D eigenvalue weighted by molar-refractivity contribution is 0.771. The van der Waals surface area contributed by atoms with E-state index >= 15 is 0 Å². The van der Waals surface area contributed by atoms with Crippen molar-refractivity contribution in [2.45, 2.75) is 27.3 Å². The Kier molecular flexibility index (Phi) is 3.83. The minimum Gasteiger partial charge on any atom is -0.355 e. The van der Waals surface area contributed by atoms with Gasteiger partial charge in [0.1, 0.15) is 0 Å². The highest BCUT2D eigenvalue weighted by molar-refractivity contribution is 9.11. The monoisotopic (exact) mass is 314 g/mol. The molecule has 0 amide bonds. The molecule has 92 valence electrons. The lowest BCUT2D eigenvalue weighted by Crippen LogP contribution is -2.06. The van der Waals surface area contributed by atoms with Crippen LogP contribution in [0.2, 0.25) is 0 Å². The summed E-state index contributed by atoms with van der Waals surface area (Å²) in [7, 11) is 0. The van der Waals surface area contributed by atoms with Crippen LogP contribution in [0.25, 0.3) is 10.7 Å². The van der Waals surface area contributed by atoms with Gasteiger partial charge in [-0.15, -0.1) is 21.5 Å². The zero-order chi connectivity index (χ0) is 12.4. The van der Waals surface area contributed by atoms with Gasteiger partial charge in [-0.3, -0.25) is 4.57 Å². The lowest BCUT2D eigenvalue weighted by atomic mass is 10.3. The van der Waals surface area contributed by atoms with Crippen LogP contribution in [-0.2, 0) is 6.54 Å². The molecular weight excluding hydrogens is 300 g/mol. The standard InChI is InChI=1S/C11H15BrN4S/c1-4-13-11-15-14-10(16(11)5-2)8-6-7(3)9(12)17-8/h6H,4-5H2,1-3H3,(H,13,15). The number of halogens is 1. The molecule has 0 saturated heterocycles. The van der Waals surface area contributed by atoms with Crippen molar-refractivity contribution >= 4 is 33.2 Å². The summed E-state index contributed by atoms with van der Waals surface area (Å²) in [6.45, 7) is 7.95. The lowest BCUT2D eigenvalue weighted by Gasteiger charge is -2.06. The first-order valence-corrected chi connectivity index (χ1v) is 7.21. The summed E-state index contributed by atoms with van der Waals surface area (Å²) in [4.78, 5) is 1.15. The number of nitrogens with zero attached hydrogens (tertiary/aromatic N) is 3. The third-order valence-corrected chi connectivity index (χ3v) is 4.61. The van der Waals surface area contributed by atoms with E-state index in [9.17, 15) is 0 Å². The van der Waals surface area contributed by atoms with E-state index in [4.69, 9.17) is 0 Å². The molecule has 0 unspecified atom stereocenters. The summed E-state index contributed by atoms with van der Waals surface area (Å²) in [6.07, 6.45) is 0. The number of aryl methyl sites for hydroxylation is 1. The average molecular weight is 315 g/mol. The van der Waals surface area contributed by atoms with Crippen LogP contribution >= 0.6 is 27.3 Å². The highest BCUT2D eigenvalue weighted by atomic mass is 79.9. The van der Waals surface area contributed by atoms with E-state index < -0.39 is 0 Å². The van der Waals surface area contributed by atoms with Crippen molar-refractivity contribution in [3.8, 4) is 10.7 Å². The van der Waals surface area contributed by atoms with Crippen LogP contribution in [0.3, 0.4) is 0 Å². The second kappa shape index (κ2) is 5.18. The second-order valence-electron chi connectivity index (χ2n) is 3.69. The largest absolute Gasteiger partial charge is 0.355 e. The van der Waals surface area contributed by atoms with E-state index in [2.05, 4.69) is 62.8 Å². The summed E-state index contributed by atoms with van der Waals surface area (Å²) < 4.78 is 3.25. The van der Waals surface area contributed by atoms with Gasteiger partial charge in [0.15, 0.2) is 5.82 Å². The number of aromatic nitrogens is 3. The molecule has 2 aromatic heterocycles. The molecule has 0 aliphatic carbocycles. The number of hydrogen-bond acceptors (Lipinski definition) is 4. The van der Waals surface area contributed by atoms with Crippen molar-refractivity contribution in [3.05, 3.63) is 15.4 Å². The third kappa shape index (κ3) is 2.37. The molecular formula is C11H15BrN4S. The number of thiophene rings is 1. The van der Waals surface area contributed by atoms with Crippen LogP contribution in [0.4, 0.5) is 5.95 Å².